The Kier molecular flexibility index (Phi) is 7.25. The van der Waals surface area contributed by atoms with Crippen LogP contribution in [0.3, 0.4) is 0 Å². The minimum atomic E-state index is -3.68. The molecule has 0 radical (unpaired) electrons. The molecule has 2 aromatic carbocycles. The Balaban J connectivity index is 1.79. The van der Waals surface area contributed by atoms with Gasteiger partial charge in [0.05, 0.1) is 23.1 Å². The molecule has 7 nitrogen and oxygen atoms in total. The van der Waals surface area contributed by atoms with Crippen LogP contribution in [0, 0.1) is 0 Å². The van der Waals surface area contributed by atoms with E-state index < -0.39 is 10.0 Å². The Hall–Kier alpha value is -2.97. The van der Waals surface area contributed by atoms with Crippen LogP contribution in [0.25, 0.3) is 10.9 Å². The van der Waals surface area contributed by atoms with Crippen LogP contribution in [0.4, 0.5) is 0 Å². The van der Waals surface area contributed by atoms with E-state index >= 15 is 0 Å². The Morgan fingerprint density at radius 3 is 2.55 bits per heavy atom. The first-order valence-electron chi connectivity index (χ1n) is 10.2. The normalized spacial score (nSPS) is 11.6. The quantitative estimate of drug-likeness (QED) is 0.551. The third kappa shape index (κ3) is 4.86. The molecular formula is C23H27N3O4S. The van der Waals surface area contributed by atoms with Crippen LogP contribution < -0.4 is 10.1 Å². The van der Waals surface area contributed by atoms with Crippen molar-refractivity contribution in [1.82, 2.24) is 14.6 Å². The second-order valence-corrected chi connectivity index (χ2v) is 8.89. The second kappa shape index (κ2) is 9.89. The molecule has 3 rings (SSSR count). The number of aromatic nitrogens is 1. The first kappa shape index (κ1) is 22.7. The molecule has 0 aliphatic heterocycles. The number of amides is 1. The van der Waals surface area contributed by atoms with Crippen molar-refractivity contribution in [2.45, 2.75) is 25.2 Å². The minimum Gasteiger partial charge on any atom is -0.496 e. The van der Waals surface area contributed by atoms with Crippen molar-refractivity contribution in [3.05, 3.63) is 65.9 Å². The molecule has 0 spiro atoms. The molecule has 8 heteroatoms. The summed E-state index contributed by atoms with van der Waals surface area (Å²) in [6.45, 7) is 4.64. The summed E-state index contributed by atoms with van der Waals surface area (Å²) in [5, 5.41) is 3.91. The Morgan fingerprint density at radius 1 is 1.10 bits per heavy atom. The highest BCUT2D eigenvalue weighted by Gasteiger charge is 2.24. The van der Waals surface area contributed by atoms with Gasteiger partial charge in [0.2, 0.25) is 10.0 Å². The predicted octanol–water partition coefficient (Wildman–Crippen LogP) is 3.25. The standard InChI is InChI=1S/C23H27N3O4S/c1-4-26(5-2)31(28,29)19-11-12-21(30-3)20(16-19)23(27)25-15-13-18-9-6-8-17-10-7-14-24-22(17)18/h6-12,14,16H,4-5,13,15H2,1-3H3,(H,25,27). The van der Waals surface area contributed by atoms with Gasteiger partial charge >= 0.3 is 0 Å². The summed E-state index contributed by atoms with van der Waals surface area (Å²) in [5.41, 5.74) is 2.12. The minimum absolute atomic E-state index is 0.0698. The maximum Gasteiger partial charge on any atom is 0.255 e. The summed E-state index contributed by atoms with van der Waals surface area (Å²) in [5.74, 6) is -0.0653. The van der Waals surface area contributed by atoms with E-state index in [0.29, 0.717) is 31.8 Å². The van der Waals surface area contributed by atoms with E-state index in [1.807, 2.05) is 30.3 Å². The highest BCUT2D eigenvalue weighted by Crippen LogP contribution is 2.25. The van der Waals surface area contributed by atoms with Crippen LogP contribution in [-0.4, -0.2) is 50.4 Å². The molecule has 0 saturated carbocycles. The predicted molar refractivity (Wildman–Crippen MR) is 121 cm³/mol. The highest BCUT2D eigenvalue weighted by atomic mass is 32.2. The molecule has 3 aromatic rings. The van der Waals surface area contributed by atoms with E-state index in [1.54, 1.807) is 20.0 Å². The molecular weight excluding hydrogens is 414 g/mol. The number of para-hydroxylation sites is 1. The number of nitrogens with one attached hydrogen (secondary N) is 1. The van der Waals surface area contributed by atoms with Crippen LogP contribution in [0.2, 0.25) is 0 Å². The van der Waals surface area contributed by atoms with Crippen LogP contribution in [0.5, 0.6) is 5.75 Å². The molecule has 1 N–H and O–H groups in total. The van der Waals surface area contributed by atoms with Gasteiger partial charge in [-0.05, 0) is 36.2 Å². The van der Waals surface area contributed by atoms with E-state index in [9.17, 15) is 13.2 Å². The molecule has 1 amide bonds. The second-order valence-electron chi connectivity index (χ2n) is 6.95. The summed E-state index contributed by atoms with van der Waals surface area (Å²) in [6.07, 6.45) is 2.34. The third-order valence-electron chi connectivity index (χ3n) is 5.15. The van der Waals surface area contributed by atoms with Crippen LogP contribution >= 0.6 is 0 Å². The molecule has 164 valence electrons. The zero-order valence-corrected chi connectivity index (χ0v) is 18.8. The van der Waals surface area contributed by atoms with Crippen molar-refractivity contribution < 1.29 is 17.9 Å². The number of hydrogen-bond acceptors (Lipinski definition) is 5. The number of benzene rings is 2. The van der Waals surface area contributed by atoms with Crippen molar-refractivity contribution >= 4 is 26.8 Å². The van der Waals surface area contributed by atoms with Crippen LogP contribution in [0.1, 0.15) is 29.8 Å². The number of carbonyl (C=O) groups excluding carboxylic acids is 1. The van der Waals surface area contributed by atoms with Gasteiger partial charge < -0.3 is 10.1 Å². The van der Waals surface area contributed by atoms with Gasteiger partial charge in [0.1, 0.15) is 5.75 Å². The van der Waals surface area contributed by atoms with Crippen LogP contribution in [-0.2, 0) is 16.4 Å². The summed E-state index contributed by atoms with van der Waals surface area (Å²) in [7, 11) is -2.23. The van der Waals surface area contributed by atoms with Gasteiger partial charge in [0, 0.05) is 31.2 Å². The van der Waals surface area contributed by atoms with E-state index in [2.05, 4.69) is 10.3 Å². The fourth-order valence-electron chi connectivity index (χ4n) is 3.51. The lowest BCUT2D eigenvalue weighted by molar-refractivity contribution is 0.0951. The molecule has 0 atom stereocenters. The van der Waals surface area contributed by atoms with E-state index in [-0.39, 0.29) is 16.4 Å². The lowest BCUT2D eigenvalue weighted by atomic mass is 10.1. The molecule has 0 aliphatic rings. The summed E-state index contributed by atoms with van der Waals surface area (Å²) < 4.78 is 32.3. The molecule has 1 heterocycles. The van der Waals surface area contributed by atoms with Crippen molar-refractivity contribution in [1.29, 1.82) is 0 Å². The van der Waals surface area contributed by atoms with E-state index in [1.165, 1.54) is 29.6 Å². The number of fused-ring (bicyclic) bond motifs is 1. The van der Waals surface area contributed by atoms with Crippen LogP contribution in [0.15, 0.2) is 59.6 Å². The summed E-state index contributed by atoms with van der Waals surface area (Å²) >= 11 is 0. The molecule has 31 heavy (non-hydrogen) atoms. The average molecular weight is 442 g/mol. The Labute approximate surface area is 183 Å². The van der Waals surface area contributed by atoms with E-state index in [0.717, 1.165) is 16.5 Å². The first-order chi connectivity index (χ1) is 14.9. The topological polar surface area (TPSA) is 88.6 Å². The number of hydrogen-bond donors (Lipinski definition) is 1. The number of sulfonamides is 1. The number of methoxy groups -OCH3 is 1. The average Bonchev–Trinajstić information content (AvgIpc) is 2.79. The summed E-state index contributed by atoms with van der Waals surface area (Å²) in [4.78, 5) is 17.4. The molecule has 0 aliphatic carbocycles. The largest absolute Gasteiger partial charge is 0.496 e. The number of rotatable bonds is 9. The van der Waals surface area contributed by atoms with Crippen molar-refractivity contribution in [2.24, 2.45) is 0 Å². The Morgan fingerprint density at radius 2 is 1.84 bits per heavy atom. The zero-order chi connectivity index (χ0) is 22.4. The molecule has 1 aromatic heterocycles. The molecule has 0 fully saturated rings. The van der Waals surface area contributed by atoms with Gasteiger partial charge in [-0.2, -0.15) is 4.31 Å². The van der Waals surface area contributed by atoms with Gasteiger partial charge in [0.15, 0.2) is 0 Å². The third-order valence-corrected chi connectivity index (χ3v) is 7.20. The maximum atomic E-state index is 12.9. The summed E-state index contributed by atoms with van der Waals surface area (Å²) in [6, 6.07) is 14.2. The number of carbonyl (C=O) groups is 1. The Bertz CT molecular complexity index is 1170. The van der Waals surface area contributed by atoms with Gasteiger partial charge in [-0.15, -0.1) is 0 Å². The fraction of sp³-hybridized carbons (Fsp3) is 0.304. The number of ether oxygens (including phenoxy) is 1. The fourth-order valence-corrected chi connectivity index (χ4v) is 5.00. The molecule has 0 unspecified atom stereocenters. The van der Waals surface area contributed by atoms with Crippen molar-refractivity contribution in [3.8, 4) is 5.75 Å². The van der Waals surface area contributed by atoms with Gasteiger partial charge in [-0.25, -0.2) is 8.42 Å². The van der Waals surface area contributed by atoms with Gasteiger partial charge in [-0.3, -0.25) is 9.78 Å². The number of nitrogens with zero attached hydrogens (tertiary/aromatic N) is 2. The smallest absolute Gasteiger partial charge is 0.255 e. The van der Waals surface area contributed by atoms with Gasteiger partial charge in [0.25, 0.3) is 5.91 Å². The monoisotopic (exact) mass is 441 g/mol. The SMILES string of the molecule is CCN(CC)S(=O)(=O)c1ccc(OC)c(C(=O)NCCc2cccc3cccnc23)c1. The lowest BCUT2D eigenvalue weighted by Gasteiger charge is -2.19. The molecule has 0 saturated heterocycles. The maximum absolute atomic E-state index is 12.9. The van der Waals surface area contributed by atoms with Crippen molar-refractivity contribution in [3.63, 3.8) is 0 Å². The lowest BCUT2D eigenvalue weighted by Crippen LogP contribution is -2.31. The van der Waals surface area contributed by atoms with Crippen molar-refractivity contribution in [2.75, 3.05) is 26.7 Å². The van der Waals surface area contributed by atoms with Gasteiger partial charge in [-0.1, -0.05) is 38.1 Å². The zero-order valence-electron chi connectivity index (χ0n) is 18.0. The van der Waals surface area contributed by atoms with E-state index in [4.69, 9.17) is 4.74 Å². The number of pyridine rings is 1. The highest BCUT2D eigenvalue weighted by molar-refractivity contribution is 7.89. The molecule has 0 bridgehead atoms. The first-order valence-corrected chi connectivity index (χ1v) is 11.6.